The Balaban J connectivity index is 2.02. The van der Waals surface area contributed by atoms with Crippen molar-refractivity contribution in [3.63, 3.8) is 0 Å². The van der Waals surface area contributed by atoms with Gasteiger partial charge in [0, 0.05) is 11.6 Å². The van der Waals surface area contributed by atoms with Crippen LogP contribution in [0.3, 0.4) is 0 Å². The van der Waals surface area contributed by atoms with Gasteiger partial charge in [-0.2, -0.15) is 0 Å². The summed E-state index contributed by atoms with van der Waals surface area (Å²) >= 11 is 0. The van der Waals surface area contributed by atoms with Crippen LogP contribution >= 0.6 is 0 Å². The molecule has 0 radical (unpaired) electrons. The molecule has 0 unspecified atom stereocenters. The number of aromatic hydroxyl groups is 1. The number of rotatable bonds is 4. The number of phenols is 1. The first-order valence-corrected chi connectivity index (χ1v) is 7.24. The summed E-state index contributed by atoms with van der Waals surface area (Å²) in [6.07, 6.45) is -0.624. The molecule has 0 aliphatic carbocycles. The van der Waals surface area contributed by atoms with Crippen molar-refractivity contribution in [2.75, 3.05) is 12.5 Å². The Bertz CT molecular complexity index is 711. The lowest BCUT2D eigenvalue weighted by Crippen LogP contribution is -2.36. The average molecular weight is 332 g/mol. The molecular formula is C16H20N4O4. The number of carbonyl (C=O) groups excluding carboxylic acids is 1. The van der Waals surface area contributed by atoms with Crippen LogP contribution in [0.5, 0.6) is 11.5 Å². The standard InChI is InChI=1S/C16H20N4O4/c1-16(2,3)24-15(22)20-19-14-8-7-12(17-18-14)11-6-5-10(23-4)9-13(11)21/h5-9,21H,1-4H3,(H,18,19)(H,20,22). The second-order valence-corrected chi connectivity index (χ2v) is 5.94. The van der Waals surface area contributed by atoms with Gasteiger partial charge in [-0.15, -0.1) is 10.2 Å². The molecule has 2 rings (SSSR count). The number of amides is 1. The molecule has 1 aromatic carbocycles. The number of nitrogens with one attached hydrogen (secondary N) is 2. The van der Waals surface area contributed by atoms with Crippen LogP contribution in [-0.4, -0.2) is 34.1 Å². The van der Waals surface area contributed by atoms with E-state index in [1.54, 1.807) is 45.0 Å². The third-order valence-electron chi connectivity index (χ3n) is 2.84. The van der Waals surface area contributed by atoms with Crippen molar-refractivity contribution >= 4 is 11.9 Å². The molecule has 0 saturated carbocycles. The Morgan fingerprint density at radius 2 is 1.92 bits per heavy atom. The van der Waals surface area contributed by atoms with Gasteiger partial charge < -0.3 is 14.6 Å². The first kappa shape index (κ1) is 17.3. The lowest BCUT2D eigenvalue weighted by Gasteiger charge is -2.19. The van der Waals surface area contributed by atoms with E-state index in [9.17, 15) is 9.90 Å². The third kappa shape index (κ3) is 4.73. The second kappa shape index (κ2) is 7.03. The maximum atomic E-state index is 11.5. The van der Waals surface area contributed by atoms with Gasteiger partial charge in [-0.3, -0.25) is 5.43 Å². The first-order valence-electron chi connectivity index (χ1n) is 7.24. The number of hydrogen-bond acceptors (Lipinski definition) is 7. The lowest BCUT2D eigenvalue weighted by molar-refractivity contribution is 0.0541. The van der Waals surface area contributed by atoms with Gasteiger partial charge in [0.2, 0.25) is 0 Å². The summed E-state index contributed by atoms with van der Waals surface area (Å²) in [5, 5.41) is 17.9. The van der Waals surface area contributed by atoms with E-state index in [0.717, 1.165) is 0 Å². The molecular weight excluding hydrogens is 312 g/mol. The quantitative estimate of drug-likeness (QED) is 0.739. The van der Waals surface area contributed by atoms with Crippen molar-refractivity contribution < 1.29 is 19.4 Å². The topological polar surface area (TPSA) is 106 Å². The van der Waals surface area contributed by atoms with E-state index in [-0.39, 0.29) is 5.75 Å². The number of benzene rings is 1. The fraction of sp³-hybridized carbons (Fsp3) is 0.312. The van der Waals surface area contributed by atoms with E-state index >= 15 is 0 Å². The molecule has 0 atom stereocenters. The largest absolute Gasteiger partial charge is 0.507 e. The van der Waals surface area contributed by atoms with E-state index in [1.165, 1.54) is 13.2 Å². The first-order chi connectivity index (χ1) is 11.3. The monoisotopic (exact) mass is 332 g/mol. The lowest BCUT2D eigenvalue weighted by atomic mass is 10.1. The molecule has 24 heavy (non-hydrogen) atoms. The zero-order chi connectivity index (χ0) is 17.7. The molecule has 0 aliphatic rings. The maximum Gasteiger partial charge on any atom is 0.426 e. The van der Waals surface area contributed by atoms with E-state index in [1.807, 2.05) is 0 Å². The minimum atomic E-state index is -0.624. The number of carbonyl (C=O) groups is 1. The zero-order valence-electron chi connectivity index (χ0n) is 14.0. The van der Waals surface area contributed by atoms with Crippen LogP contribution in [0.15, 0.2) is 30.3 Å². The average Bonchev–Trinajstić information content (AvgIpc) is 2.52. The highest BCUT2D eigenvalue weighted by atomic mass is 16.6. The van der Waals surface area contributed by atoms with Gasteiger partial charge in [0.25, 0.3) is 0 Å². The predicted molar refractivity (Wildman–Crippen MR) is 88.7 cm³/mol. The van der Waals surface area contributed by atoms with Gasteiger partial charge in [-0.25, -0.2) is 10.2 Å². The number of aromatic nitrogens is 2. The van der Waals surface area contributed by atoms with E-state index in [0.29, 0.717) is 22.8 Å². The van der Waals surface area contributed by atoms with Crippen LogP contribution in [0, 0.1) is 0 Å². The predicted octanol–water partition coefficient (Wildman–Crippen LogP) is 2.71. The summed E-state index contributed by atoms with van der Waals surface area (Å²) < 4.78 is 10.1. The van der Waals surface area contributed by atoms with E-state index in [4.69, 9.17) is 9.47 Å². The van der Waals surface area contributed by atoms with Crippen LogP contribution in [0.2, 0.25) is 0 Å². The van der Waals surface area contributed by atoms with Crippen LogP contribution in [0.4, 0.5) is 10.6 Å². The minimum absolute atomic E-state index is 0.0382. The van der Waals surface area contributed by atoms with Gasteiger partial charge in [0.05, 0.1) is 12.8 Å². The normalized spacial score (nSPS) is 10.8. The maximum absolute atomic E-state index is 11.5. The Morgan fingerprint density at radius 1 is 1.17 bits per heavy atom. The van der Waals surface area contributed by atoms with Crippen molar-refractivity contribution in [3.8, 4) is 22.8 Å². The van der Waals surface area contributed by atoms with Gasteiger partial charge in [-0.1, -0.05) is 0 Å². The van der Waals surface area contributed by atoms with E-state index in [2.05, 4.69) is 21.0 Å². The molecule has 1 heterocycles. The Kier molecular flexibility index (Phi) is 5.08. The molecule has 0 fully saturated rings. The van der Waals surface area contributed by atoms with Crippen molar-refractivity contribution in [2.24, 2.45) is 0 Å². The smallest absolute Gasteiger partial charge is 0.426 e. The van der Waals surface area contributed by atoms with Crippen LogP contribution in [0.1, 0.15) is 20.8 Å². The number of anilines is 1. The molecule has 8 nitrogen and oxygen atoms in total. The number of ether oxygens (including phenoxy) is 2. The molecule has 0 saturated heterocycles. The second-order valence-electron chi connectivity index (χ2n) is 5.94. The van der Waals surface area contributed by atoms with Crippen LogP contribution in [0.25, 0.3) is 11.3 Å². The Hall–Kier alpha value is -3.03. The molecule has 0 spiro atoms. The number of nitrogens with zero attached hydrogens (tertiary/aromatic N) is 2. The highest BCUT2D eigenvalue weighted by Gasteiger charge is 2.16. The summed E-state index contributed by atoms with van der Waals surface area (Å²) in [5.41, 5.74) is 5.38. The summed E-state index contributed by atoms with van der Waals surface area (Å²) in [6, 6.07) is 8.17. The number of phenolic OH excluding ortho intramolecular Hbond substituents is 1. The van der Waals surface area contributed by atoms with Gasteiger partial charge >= 0.3 is 6.09 Å². The zero-order valence-corrected chi connectivity index (χ0v) is 14.0. The molecule has 0 bridgehead atoms. The van der Waals surface area contributed by atoms with Gasteiger partial charge in [-0.05, 0) is 45.0 Å². The van der Waals surface area contributed by atoms with Crippen molar-refractivity contribution in [1.82, 2.24) is 15.6 Å². The number of hydrazine groups is 1. The molecule has 0 aliphatic heterocycles. The van der Waals surface area contributed by atoms with Crippen LogP contribution < -0.4 is 15.6 Å². The van der Waals surface area contributed by atoms with Crippen molar-refractivity contribution in [2.45, 2.75) is 26.4 Å². The highest BCUT2D eigenvalue weighted by molar-refractivity contribution is 5.70. The summed E-state index contributed by atoms with van der Waals surface area (Å²) in [6.45, 7) is 5.30. The van der Waals surface area contributed by atoms with Crippen molar-refractivity contribution in [1.29, 1.82) is 0 Å². The molecule has 2 aromatic rings. The third-order valence-corrected chi connectivity index (χ3v) is 2.84. The molecule has 8 heteroatoms. The minimum Gasteiger partial charge on any atom is -0.507 e. The van der Waals surface area contributed by atoms with E-state index < -0.39 is 11.7 Å². The summed E-state index contributed by atoms with van der Waals surface area (Å²) in [5.74, 6) is 0.915. The SMILES string of the molecule is COc1ccc(-c2ccc(NNC(=O)OC(C)(C)C)nn2)c(O)c1. The molecule has 1 amide bonds. The van der Waals surface area contributed by atoms with Gasteiger partial charge in [0.15, 0.2) is 5.82 Å². The number of hydrogen-bond donors (Lipinski definition) is 3. The molecule has 128 valence electrons. The van der Waals surface area contributed by atoms with Crippen LogP contribution in [-0.2, 0) is 4.74 Å². The Labute approximate surface area is 139 Å². The van der Waals surface area contributed by atoms with Crippen molar-refractivity contribution in [3.05, 3.63) is 30.3 Å². The Morgan fingerprint density at radius 3 is 2.46 bits per heavy atom. The number of methoxy groups -OCH3 is 1. The molecule has 1 aromatic heterocycles. The highest BCUT2D eigenvalue weighted by Crippen LogP contribution is 2.30. The summed E-state index contributed by atoms with van der Waals surface area (Å²) in [7, 11) is 1.52. The summed E-state index contributed by atoms with van der Waals surface area (Å²) in [4.78, 5) is 11.5. The molecule has 3 N–H and O–H groups in total. The fourth-order valence-electron chi connectivity index (χ4n) is 1.82. The van der Waals surface area contributed by atoms with Gasteiger partial charge in [0.1, 0.15) is 17.1 Å². The fourth-order valence-corrected chi connectivity index (χ4v) is 1.82.